The van der Waals surface area contributed by atoms with Crippen molar-refractivity contribution in [2.45, 2.75) is 26.8 Å². The number of methoxy groups -OCH3 is 1. The molecule has 0 bridgehead atoms. The van der Waals surface area contributed by atoms with Gasteiger partial charge in [-0.05, 0) is 12.0 Å². The summed E-state index contributed by atoms with van der Waals surface area (Å²) in [5.41, 5.74) is 0.456. The van der Waals surface area contributed by atoms with Gasteiger partial charge in [-0.25, -0.2) is 4.39 Å². The smallest absolute Gasteiger partial charge is 0.223 e. The quantitative estimate of drug-likeness (QED) is 0.805. The fourth-order valence-corrected chi connectivity index (χ4v) is 4.03. The molecular formula is C20H29FN2O3. The SMILES string of the molecule is COc1ccc(CN2CCOC[C@@]3(CC(=O)N(CC(C)C)C3)C2)c(F)c1. The lowest BCUT2D eigenvalue weighted by Crippen LogP contribution is -2.41. The number of benzene rings is 1. The van der Waals surface area contributed by atoms with E-state index in [0.717, 1.165) is 26.2 Å². The van der Waals surface area contributed by atoms with Gasteiger partial charge in [0.2, 0.25) is 5.91 Å². The normalized spacial score (nSPS) is 24.5. The minimum atomic E-state index is -0.257. The third-order valence-electron chi connectivity index (χ3n) is 5.16. The van der Waals surface area contributed by atoms with Crippen molar-refractivity contribution in [3.05, 3.63) is 29.6 Å². The van der Waals surface area contributed by atoms with E-state index < -0.39 is 0 Å². The molecule has 1 amide bonds. The Bertz CT molecular complexity index is 652. The molecule has 1 aromatic rings. The van der Waals surface area contributed by atoms with Crippen LogP contribution in [0.1, 0.15) is 25.8 Å². The first-order valence-electron chi connectivity index (χ1n) is 9.31. The monoisotopic (exact) mass is 364 g/mol. The van der Waals surface area contributed by atoms with E-state index in [4.69, 9.17) is 9.47 Å². The van der Waals surface area contributed by atoms with Crippen LogP contribution in [-0.4, -0.2) is 62.2 Å². The molecule has 0 aliphatic carbocycles. The number of hydrogen-bond donors (Lipinski definition) is 0. The van der Waals surface area contributed by atoms with Crippen LogP contribution in [0.25, 0.3) is 0 Å². The molecule has 1 spiro atoms. The second kappa shape index (κ2) is 7.92. The van der Waals surface area contributed by atoms with Crippen LogP contribution in [-0.2, 0) is 16.1 Å². The van der Waals surface area contributed by atoms with Crippen molar-refractivity contribution < 1.29 is 18.7 Å². The maximum absolute atomic E-state index is 14.3. The highest BCUT2D eigenvalue weighted by molar-refractivity contribution is 5.79. The summed E-state index contributed by atoms with van der Waals surface area (Å²) in [6.07, 6.45) is 0.515. The Morgan fingerprint density at radius 2 is 2.15 bits per heavy atom. The number of rotatable bonds is 5. The molecule has 3 rings (SSSR count). The lowest BCUT2D eigenvalue weighted by atomic mass is 9.87. The first-order chi connectivity index (χ1) is 12.4. The van der Waals surface area contributed by atoms with Gasteiger partial charge in [0, 0.05) is 56.2 Å². The number of likely N-dealkylation sites (tertiary alicyclic amines) is 1. The van der Waals surface area contributed by atoms with Crippen LogP contribution in [0.4, 0.5) is 4.39 Å². The first-order valence-corrected chi connectivity index (χ1v) is 9.31. The Labute approximate surface area is 155 Å². The number of halogens is 1. The zero-order valence-electron chi connectivity index (χ0n) is 16.0. The molecule has 2 fully saturated rings. The number of amides is 1. The third-order valence-corrected chi connectivity index (χ3v) is 5.16. The highest BCUT2D eigenvalue weighted by atomic mass is 19.1. The molecule has 2 aliphatic rings. The molecular weight excluding hydrogens is 335 g/mol. The lowest BCUT2D eigenvalue weighted by Gasteiger charge is -2.31. The largest absolute Gasteiger partial charge is 0.497 e. The van der Waals surface area contributed by atoms with Crippen LogP contribution in [0, 0.1) is 17.2 Å². The summed E-state index contributed by atoms with van der Waals surface area (Å²) in [4.78, 5) is 16.6. The van der Waals surface area contributed by atoms with Gasteiger partial charge in [0.1, 0.15) is 11.6 Å². The number of carbonyl (C=O) groups is 1. The summed E-state index contributed by atoms with van der Waals surface area (Å²) < 4.78 is 25.2. The Morgan fingerprint density at radius 1 is 1.35 bits per heavy atom. The van der Waals surface area contributed by atoms with Gasteiger partial charge >= 0.3 is 0 Å². The lowest BCUT2D eigenvalue weighted by molar-refractivity contribution is -0.128. The highest BCUT2D eigenvalue weighted by Gasteiger charge is 2.45. The van der Waals surface area contributed by atoms with Crippen LogP contribution >= 0.6 is 0 Å². The summed E-state index contributed by atoms with van der Waals surface area (Å²) >= 11 is 0. The minimum Gasteiger partial charge on any atom is -0.497 e. The molecule has 5 nitrogen and oxygen atoms in total. The van der Waals surface area contributed by atoms with E-state index >= 15 is 0 Å². The third kappa shape index (κ3) is 4.35. The van der Waals surface area contributed by atoms with Crippen molar-refractivity contribution in [1.29, 1.82) is 0 Å². The van der Waals surface area contributed by atoms with E-state index in [1.165, 1.54) is 13.2 Å². The van der Waals surface area contributed by atoms with E-state index in [1.54, 1.807) is 12.1 Å². The van der Waals surface area contributed by atoms with Crippen molar-refractivity contribution in [1.82, 2.24) is 9.80 Å². The molecule has 0 N–H and O–H groups in total. The second-order valence-corrected chi connectivity index (χ2v) is 8.07. The van der Waals surface area contributed by atoms with E-state index in [-0.39, 0.29) is 17.1 Å². The fourth-order valence-electron chi connectivity index (χ4n) is 4.03. The maximum Gasteiger partial charge on any atom is 0.223 e. The van der Waals surface area contributed by atoms with Gasteiger partial charge in [0.15, 0.2) is 0 Å². The fraction of sp³-hybridized carbons (Fsp3) is 0.650. The van der Waals surface area contributed by atoms with Crippen LogP contribution < -0.4 is 4.74 Å². The maximum atomic E-state index is 14.3. The molecule has 2 aliphatic heterocycles. The summed E-state index contributed by atoms with van der Waals surface area (Å²) in [5.74, 6) is 0.921. The van der Waals surface area contributed by atoms with Gasteiger partial charge in [0.25, 0.3) is 0 Å². The van der Waals surface area contributed by atoms with E-state index in [1.807, 2.05) is 4.90 Å². The van der Waals surface area contributed by atoms with Gasteiger partial charge in [-0.3, -0.25) is 9.69 Å². The first kappa shape index (κ1) is 19.1. The molecule has 26 heavy (non-hydrogen) atoms. The van der Waals surface area contributed by atoms with Gasteiger partial charge in [-0.1, -0.05) is 19.9 Å². The van der Waals surface area contributed by atoms with Crippen LogP contribution in [0.15, 0.2) is 18.2 Å². The molecule has 1 aromatic carbocycles. The van der Waals surface area contributed by atoms with Gasteiger partial charge in [-0.15, -0.1) is 0 Å². The van der Waals surface area contributed by atoms with Crippen LogP contribution in [0.2, 0.25) is 0 Å². The van der Waals surface area contributed by atoms with Crippen molar-refractivity contribution in [2.75, 3.05) is 46.5 Å². The molecule has 0 aromatic heterocycles. The average molecular weight is 364 g/mol. The van der Waals surface area contributed by atoms with Gasteiger partial charge in [0.05, 0.1) is 20.3 Å². The highest BCUT2D eigenvalue weighted by Crippen LogP contribution is 2.35. The molecule has 144 valence electrons. The van der Waals surface area contributed by atoms with Crippen molar-refractivity contribution >= 4 is 5.91 Å². The van der Waals surface area contributed by atoms with Crippen LogP contribution in [0.3, 0.4) is 0 Å². The zero-order chi connectivity index (χ0) is 18.7. The van der Waals surface area contributed by atoms with Crippen molar-refractivity contribution in [2.24, 2.45) is 11.3 Å². The molecule has 0 unspecified atom stereocenters. The average Bonchev–Trinajstić information content (AvgIpc) is 2.75. The topological polar surface area (TPSA) is 42.0 Å². The summed E-state index contributed by atoms with van der Waals surface area (Å²) in [7, 11) is 1.53. The Kier molecular flexibility index (Phi) is 5.82. The van der Waals surface area contributed by atoms with E-state index in [2.05, 4.69) is 18.7 Å². The summed E-state index contributed by atoms with van der Waals surface area (Å²) in [6.45, 7) is 8.97. The Hall–Kier alpha value is -1.66. The van der Waals surface area contributed by atoms with Crippen LogP contribution in [0.5, 0.6) is 5.75 Å². The van der Waals surface area contributed by atoms with Crippen molar-refractivity contribution in [3.63, 3.8) is 0 Å². The number of nitrogens with zero attached hydrogens (tertiary/aromatic N) is 2. The summed E-state index contributed by atoms with van der Waals surface area (Å²) in [5, 5.41) is 0. The van der Waals surface area contributed by atoms with E-state index in [9.17, 15) is 9.18 Å². The number of ether oxygens (including phenoxy) is 2. The Morgan fingerprint density at radius 3 is 2.85 bits per heavy atom. The Balaban J connectivity index is 1.71. The number of carbonyl (C=O) groups excluding carboxylic acids is 1. The molecule has 2 saturated heterocycles. The number of hydrogen-bond acceptors (Lipinski definition) is 4. The molecule has 6 heteroatoms. The van der Waals surface area contributed by atoms with Crippen molar-refractivity contribution in [3.8, 4) is 5.75 Å². The minimum absolute atomic E-state index is 0.189. The predicted octanol–water partition coefficient (Wildman–Crippen LogP) is 2.54. The van der Waals surface area contributed by atoms with Gasteiger partial charge < -0.3 is 14.4 Å². The molecule has 0 radical (unpaired) electrons. The molecule has 2 heterocycles. The van der Waals surface area contributed by atoms with Gasteiger partial charge in [-0.2, -0.15) is 0 Å². The molecule has 1 atom stereocenters. The zero-order valence-corrected chi connectivity index (χ0v) is 16.0. The van der Waals surface area contributed by atoms with E-state index in [0.29, 0.717) is 43.4 Å². The standard InChI is InChI=1S/C20H29FN2O3/c1-15(2)10-23-13-20(9-19(23)24)12-22(6-7-26-14-20)11-16-4-5-17(25-3)8-18(16)21/h4-5,8,15H,6-7,9-14H2,1-3H3/t20-/m0/s1. The predicted molar refractivity (Wildman–Crippen MR) is 97.5 cm³/mol. The molecule has 0 saturated carbocycles. The second-order valence-electron chi connectivity index (χ2n) is 8.07. The summed E-state index contributed by atoms with van der Waals surface area (Å²) in [6, 6.07) is 4.98.